The van der Waals surface area contributed by atoms with Crippen LogP contribution in [0.4, 0.5) is 5.69 Å². The van der Waals surface area contributed by atoms with E-state index in [1.165, 1.54) is 0 Å². The van der Waals surface area contributed by atoms with Crippen molar-refractivity contribution in [3.8, 4) is 5.75 Å². The average Bonchev–Trinajstić information content (AvgIpc) is 2.46. The molecule has 0 radical (unpaired) electrons. The van der Waals surface area contributed by atoms with E-state index < -0.39 is 0 Å². The summed E-state index contributed by atoms with van der Waals surface area (Å²) in [7, 11) is 3.42. The molecule has 1 fully saturated rings. The predicted octanol–water partition coefficient (Wildman–Crippen LogP) is 1.80. The number of likely N-dealkylation sites (N-methyl/N-ethyl adjacent to an activating group) is 1. The first-order valence-corrected chi connectivity index (χ1v) is 6.38. The second-order valence-corrected chi connectivity index (χ2v) is 4.57. The molecule has 1 heterocycles. The summed E-state index contributed by atoms with van der Waals surface area (Å²) in [6.07, 6.45) is 3.18. The van der Waals surface area contributed by atoms with Crippen LogP contribution in [-0.4, -0.2) is 32.7 Å². The number of ether oxygens (including phenoxy) is 1. The topological polar surface area (TPSA) is 41.6 Å². The lowest BCUT2D eigenvalue weighted by Crippen LogP contribution is -2.47. The van der Waals surface area contributed by atoms with Gasteiger partial charge in [-0.05, 0) is 31.5 Å². The molecule has 2 rings (SSSR count). The molecule has 1 aromatic carbocycles. The number of hydrogen-bond donors (Lipinski definition) is 1. The van der Waals surface area contributed by atoms with Crippen molar-refractivity contribution in [2.75, 3.05) is 25.6 Å². The highest BCUT2D eigenvalue weighted by molar-refractivity contribution is 5.98. The van der Waals surface area contributed by atoms with Crippen LogP contribution in [0.5, 0.6) is 5.75 Å². The summed E-state index contributed by atoms with van der Waals surface area (Å²) in [5.41, 5.74) is 0.817. The molecule has 0 bridgehead atoms. The molecule has 98 valence electrons. The van der Waals surface area contributed by atoms with E-state index in [1.807, 2.05) is 24.3 Å². The minimum atomic E-state index is -0.0614. The SMILES string of the molecule is COc1ccccc1N(C)C(=O)[C@H]1CCCCN1. The molecule has 0 aliphatic carbocycles. The van der Waals surface area contributed by atoms with E-state index in [0.29, 0.717) is 0 Å². The van der Waals surface area contributed by atoms with Crippen LogP contribution in [0.1, 0.15) is 19.3 Å². The Bertz CT molecular complexity index is 414. The lowest BCUT2D eigenvalue weighted by Gasteiger charge is -2.28. The van der Waals surface area contributed by atoms with Gasteiger partial charge in [0.1, 0.15) is 5.75 Å². The van der Waals surface area contributed by atoms with Crippen LogP contribution in [0.25, 0.3) is 0 Å². The number of para-hydroxylation sites is 2. The van der Waals surface area contributed by atoms with E-state index in [9.17, 15) is 4.79 Å². The third-order valence-corrected chi connectivity index (χ3v) is 3.39. The van der Waals surface area contributed by atoms with E-state index in [-0.39, 0.29) is 11.9 Å². The maximum atomic E-state index is 12.4. The molecule has 0 aromatic heterocycles. The zero-order chi connectivity index (χ0) is 13.0. The van der Waals surface area contributed by atoms with Gasteiger partial charge >= 0.3 is 0 Å². The summed E-state index contributed by atoms with van der Waals surface area (Å²) in [6, 6.07) is 7.52. The lowest BCUT2D eigenvalue weighted by atomic mass is 10.0. The van der Waals surface area contributed by atoms with E-state index >= 15 is 0 Å². The molecule has 1 aliphatic rings. The second kappa shape index (κ2) is 5.87. The van der Waals surface area contributed by atoms with Gasteiger partial charge < -0.3 is 15.0 Å². The molecule has 1 aliphatic heterocycles. The van der Waals surface area contributed by atoms with Crippen molar-refractivity contribution in [1.29, 1.82) is 0 Å². The van der Waals surface area contributed by atoms with Crippen LogP contribution in [-0.2, 0) is 4.79 Å². The fourth-order valence-corrected chi connectivity index (χ4v) is 2.32. The van der Waals surface area contributed by atoms with Crippen molar-refractivity contribution < 1.29 is 9.53 Å². The quantitative estimate of drug-likeness (QED) is 0.887. The Labute approximate surface area is 108 Å². The van der Waals surface area contributed by atoms with Gasteiger partial charge in [-0.25, -0.2) is 0 Å². The third-order valence-electron chi connectivity index (χ3n) is 3.39. The summed E-state index contributed by atoms with van der Waals surface area (Å²) < 4.78 is 5.29. The van der Waals surface area contributed by atoms with Gasteiger partial charge in [0, 0.05) is 7.05 Å². The van der Waals surface area contributed by atoms with Gasteiger partial charge in [0.2, 0.25) is 5.91 Å². The van der Waals surface area contributed by atoms with Crippen molar-refractivity contribution in [2.45, 2.75) is 25.3 Å². The number of piperidine rings is 1. The highest BCUT2D eigenvalue weighted by Gasteiger charge is 2.25. The van der Waals surface area contributed by atoms with Gasteiger partial charge in [-0.2, -0.15) is 0 Å². The number of nitrogens with zero attached hydrogens (tertiary/aromatic N) is 1. The predicted molar refractivity (Wildman–Crippen MR) is 72.0 cm³/mol. The van der Waals surface area contributed by atoms with Crippen molar-refractivity contribution in [2.24, 2.45) is 0 Å². The molecular weight excluding hydrogens is 228 g/mol. The Hall–Kier alpha value is -1.55. The Morgan fingerprint density at radius 3 is 2.83 bits per heavy atom. The smallest absolute Gasteiger partial charge is 0.243 e. The van der Waals surface area contributed by atoms with Gasteiger partial charge in [-0.3, -0.25) is 4.79 Å². The fraction of sp³-hybridized carbons (Fsp3) is 0.500. The molecule has 1 N–H and O–H groups in total. The van der Waals surface area contributed by atoms with Gasteiger partial charge in [-0.1, -0.05) is 18.6 Å². The number of hydrogen-bond acceptors (Lipinski definition) is 3. The third kappa shape index (κ3) is 2.64. The maximum absolute atomic E-state index is 12.4. The van der Waals surface area contributed by atoms with Gasteiger partial charge in [-0.15, -0.1) is 0 Å². The number of amides is 1. The first kappa shape index (κ1) is 12.9. The molecule has 1 atom stereocenters. The molecule has 1 saturated heterocycles. The molecule has 4 heteroatoms. The normalized spacial score (nSPS) is 19.3. The van der Waals surface area contributed by atoms with Crippen molar-refractivity contribution >= 4 is 11.6 Å². The summed E-state index contributed by atoms with van der Waals surface area (Å²) in [5.74, 6) is 0.836. The Balaban J connectivity index is 2.14. The zero-order valence-electron chi connectivity index (χ0n) is 11.0. The van der Waals surface area contributed by atoms with Crippen molar-refractivity contribution in [3.63, 3.8) is 0 Å². The van der Waals surface area contributed by atoms with Crippen LogP contribution >= 0.6 is 0 Å². The van der Waals surface area contributed by atoms with Crippen LogP contribution in [0, 0.1) is 0 Å². The molecule has 1 amide bonds. The van der Waals surface area contributed by atoms with Gasteiger partial charge in [0.15, 0.2) is 0 Å². The van der Waals surface area contributed by atoms with Crippen LogP contribution < -0.4 is 15.0 Å². The molecule has 0 spiro atoms. The first-order chi connectivity index (χ1) is 8.74. The van der Waals surface area contributed by atoms with Gasteiger partial charge in [0.25, 0.3) is 0 Å². The monoisotopic (exact) mass is 248 g/mol. The summed E-state index contributed by atoms with van der Waals surface area (Å²) in [6.45, 7) is 0.927. The molecule has 0 saturated carbocycles. The zero-order valence-corrected chi connectivity index (χ0v) is 11.0. The van der Waals surface area contributed by atoms with Crippen molar-refractivity contribution in [1.82, 2.24) is 5.32 Å². The van der Waals surface area contributed by atoms with E-state index in [4.69, 9.17) is 4.74 Å². The molecule has 0 unspecified atom stereocenters. The summed E-state index contributed by atoms with van der Waals surface area (Å²) in [5, 5.41) is 3.27. The minimum Gasteiger partial charge on any atom is -0.495 e. The standard InChI is InChI=1S/C14H20N2O2/c1-16(12-8-3-4-9-13(12)18-2)14(17)11-7-5-6-10-15-11/h3-4,8-9,11,15H,5-7,10H2,1-2H3/t11-/m1/s1. The van der Waals surface area contributed by atoms with Crippen LogP contribution in [0.15, 0.2) is 24.3 Å². The largest absolute Gasteiger partial charge is 0.495 e. The molecular formula is C14H20N2O2. The van der Waals surface area contributed by atoms with Crippen LogP contribution in [0.2, 0.25) is 0 Å². The molecule has 1 aromatic rings. The number of nitrogens with one attached hydrogen (secondary N) is 1. The number of benzene rings is 1. The van der Waals surface area contributed by atoms with Gasteiger partial charge in [0.05, 0.1) is 18.8 Å². The fourth-order valence-electron chi connectivity index (χ4n) is 2.32. The van der Waals surface area contributed by atoms with Crippen LogP contribution in [0.3, 0.4) is 0 Å². The van der Waals surface area contributed by atoms with E-state index in [2.05, 4.69) is 5.32 Å². The molecule has 4 nitrogen and oxygen atoms in total. The van der Waals surface area contributed by atoms with Crippen molar-refractivity contribution in [3.05, 3.63) is 24.3 Å². The Morgan fingerprint density at radius 2 is 2.17 bits per heavy atom. The second-order valence-electron chi connectivity index (χ2n) is 4.57. The van der Waals surface area contributed by atoms with E-state index in [1.54, 1.807) is 19.1 Å². The highest BCUT2D eigenvalue weighted by Crippen LogP contribution is 2.27. The Morgan fingerprint density at radius 1 is 1.39 bits per heavy atom. The number of anilines is 1. The van der Waals surface area contributed by atoms with E-state index in [0.717, 1.165) is 37.2 Å². The Kier molecular flexibility index (Phi) is 4.20. The number of carbonyl (C=O) groups is 1. The first-order valence-electron chi connectivity index (χ1n) is 6.38. The lowest BCUT2D eigenvalue weighted by molar-refractivity contribution is -0.120. The molecule has 18 heavy (non-hydrogen) atoms. The minimum absolute atomic E-state index is 0.0614. The number of methoxy groups -OCH3 is 1. The summed E-state index contributed by atoms with van der Waals surface area (Å²) >= 11 is 0. The number of carbonyl (C=O) groups excluding carboxylic acids is 1. The average molecular weight is 248 g/mol. The summed E-state index contributed by atoms with van der Waals surface area (Å²) in [4.78, 5) is 14.1. The maximum Gasteiger partial charge on any atom is 0.243 e. The number of rotatable bonds is 3. The highest BCUT2D eigenvalue weighted by atomic mass is 16.5.